The summed E-state index contributed by atoms with van der Waals surface area (Å²) in [6.07, 6.45) is 0. The Hall–Kier alpha value is -1.45. The second-order valence-corrected chi connectivity index (χ2v) is 7.05. The van der Waals surface area contributed by atoms with Crippen molar-refractivity contribution in [3.05, 3.63) is 69.8 Å². The highest BCUT2D eigenvalue weighted by molar-refractivity contribution is 9.11. The van der Waals surface area contributed by atoms with E-state index in [1.54, 1.807) is 11.3 Å². The Kier molecular flexibility index (Phi) is 3.72. The fraction of sp³-hybridized carbons (Fsp3) is 0.0588. The minimum Gasteiger partial charge on any atom is -0.207 e. The Bertz CT molecular complexity index is 744. The van der Waals surface area contributed by atoms with Gasteiger partial charge < -0.3 is 0 Å². The molecule has 100 valence electrons. The molecule has 0 N–H and O–H groups in total. The van der Waals surface area contributed by atoms with E-state index in [1.165, 1.54) is 28.8 Å². The maximum Gasteiger partial charge on any atom is 0.123 e. The van der Waals surface area contributed by atoms with E-state index in [9.17, 15) is 4.39 Å². The van der Waals surface area contributed by atoms with Crippen molar-refractivity contribution in [2.45, 2.75) is 6.92 Å². The van der Waals surface area contributed by atoms with Crippen LogP contribution in [-0.2, 0) is 0 Å². The van der Waals surface area contributed by atoms with Crippen LogP contribution in [0, 0.1) is 12.7 Å². The highest BCUT2D eigenvalue weighted by Crippen LogP contribution is 2.42. The minimum atomic E-state index is -0.207. The van der Waals surface area contributed by atoms with E-state index in [0.29, 0.717) is 0 Å². The summed E-state index contributed by atoms with van der Waals surface area (Å²) < 4.78 is 14.2. The first-order chi connectivity index (χ1) is 9.65. The molecule has 0 amide bonds. The topological polar surface area (TPSA) is 0 Å². The predicted octanol–water partition coefficient (Wildman–Crippen LogP) is 6.29. The van der Waals surface area contributed by atoms with E-state index in [2.05, 4.69) is 41.1 Å². The van der Waals surface area contributed by atoms with E-state index >= 15 is 0 Å². The summed E-state index contributed by atoms with van der Waals surface area (Å²) in [6.45, 7) is 2.11. The van der Waals surface area contributed by atoms with Gasteiger partial charge in [-0.1, -0.05) is 36.4 Å². The summed E-state index contributed by atoms with van der Waals surface area (Å²) in [6, 6.07) is 17.1. The third-order valence-corrected chi connectivity index (χ3v) is 4.93. The number of halogens is 2. The fourth-order valence-corrected chi connectivity index (χ4v) is 3.87. The monoisotopic (exact) mass is 346 g/mol. The van der Waals surface area contributed by atoms with E-state index in [1.807, 2.05) is 24.3 Å². The normalized spacial score (nSPS) is 10.8. The first kappa shape index (κ1) is 13.5. The predicted molar refractivity (Wildman–Crippen MR) is 87.6 cm³/mol. The van der Waals surface area contributed by atoms with Gasteiger partial charge in [0.25, 0.3) is 0 Å². The van der Waals surface area contributed by atoms with Gasteiger partial charge in [0.2, 0.25) is 0 Å². The highest BCUT2D eigenvalue weighted by Gasteiger charge is 2.13. The van der Waals surface area contributed by atoms with Crippen LogP contribution < -0.4 is 0 Å². The van der Waals surface area contributed by atoms with Crippen molar-refractivity contribution in [1.82, 2.24) is 0 Å². The molecular formula is C17H12BrFS. The number of thiophene rings is 1. The average molecular weight is 347 g/mol. The minimum absolute atomic E-state index is 0.207. The van der Waals surface area contributed by atoms with Gasteiger partial charge in [0, 0.05) is 10.4 Å². The Morgan fingerprint density at radius 1 is 0.950 bits per heavy atom. The fourth-order valence-electron chi connectivity index (χ4n) is 2.25. The van der Waals surface area contributed by atoms with Gasteiger partial charge in [-0.15, -0.1) is 11.3 Å². The molecule has 0 nitrogen and oxygen atoms in total. The van der Waals surface area contributed by atoms with E-state index in [-0.39, 0.29) is 5.82 Å². The van der Waals surface area contributed by atoms with E-state index in [4.69, 9.17) is 0 Å². The van der Waals surface area contributed by atoms with Crippen LogP contribution in [0.5, 0.6) is 0 Å². The van der Waals surface area contributed by atoms with Crippen LogP contribution in [0.25, 0.3) is 21.6 Å². The van der Waals surface area contributed by atoms with Crippen molar-refractivity contribution >= 4 is 27.3 Å². The molecule has 0 aliphatic rings. The first-order valence-corrected chi connectivity index (χ1v) is 7.87. The van der Waals surface area contributed by atoms with Crippen molar-refractivity contribution in [1.29, 1.82) is 0 Å². The number of hydrogen-bond acceptors (Lipinski definition) is 1. The highest BCUT2D eigenvalue weighted by atomic mass is 79.9. The number of benzene rings is 2. The standard InChI is InChI=1S/C17H12BrFS/c1-11-4-2-3-5-14(11)15-10-16(18)20-17(15)12-6-8-13(19)9-7-12/h2-10H,1H3. The molecule has 0 aliphatic carbocycles. The second kappa shape index (κ2) is 5.51. The lowest BCUT2D eigenvalue weighted by Gasteiger charge is -2.07. The lowest BCUT2D eigenvalue weighted by atomic mass is 9.99. The van der Waals surface area contributed by atoms with Crippen molar-refractivity contribution in [3.63, 3.8) is 0 Å². The quantitative estimate of drug-likeness (QED) is 0.511. The molecule has 0 fully saturated rings. The lowest BCUT2D eigenvalue weighted by molar-refractivity contribution is 0.628. The van der Waals surface area contributed by atoms with Gasteiger partial charge in [0.15, 0.2) is 0 Å². The van der Waals surface area contributed by atoms with E-state index < -0.39 is 0 Å². The lowest BCUT2D eigenvalue weighted by Crippen LogP contribution is -1.83. The molecule has 1 heterocycles. The maximum absolute atomic E-state index is 13.1. The number of rotatable bonds is 2. The molecule has 1 aromatic heterocycles. The van der Waals surface area contributed by atoms with Gasteiger partial charge in [-0.05, 0) is 57.7 Å². The molecule has 3 rings (SSSR count). The summed E-state index contributed by atoms with van der Waals surface area (Å²) in [5.41, 5.74) is 4.68. The van der Waals surface area contributed by atoms with Crippen molar-refractivity contribution < 1.29 is 4.39 Å². The van der Waals surface area contributed by atoms with Crippen LogP contribution in [0.15, 0.2) is 58.4 Å². The molecule has 2 aromatic carbocycles. The first-order valence-electron chi connectivity index (χ1n) is 6.26. The third kappa shape index (κ3) is 2.56. The largest absolute Gasteiger partial charge is 0.207 e. The Balaban J connectivity index is 2.18. The van der Waals surface area contributed by atoms with Crippen molar-refractivity contribution in [3.8, 4) is 21.6 Å². The Morgan fingerprint density at radius 2 is 1.65 bits per heavy atom. The van der Waals surface area contributed by atoms with E-state index in [0.717, 1.165) is 14.2 Å². The molecule has 0 bridgehead atoms. The van der Waals surface area contributed by atoms with Gasteiger partial charge in [-0.3, -0.25) is 0 Å². The maximum atomic E-state index is 13.1. The van der Waals surface area contributed by atoms with Crippen LogP contribution in [0.4, 0.5) is 4.39 Å². The zero-order chi connectivity index (χ0) is 14.1. The Labute approximate surface area is 130 Å². The molecule has 3 aromatic rings. The molecule has 0 radical (unpaired) electrons. The van der Waals surface area contributed by atoms with Gasteiger partial charge in [-0.25, -0.2) is 4.39 Å². The van der Waals surface area contributed by atoms with Crippen LogP contribution >= 0.6 is 27.3 Å². The number of aryl methyl sites for hydroxylation is 1. The van der Waals surface area contributed by atoms with Crippen molar-refractivity contribution in [2.75, 3.05) is 0 Å². The molecule has 0 atom stereocenters. The molecule has 0 unspecified atom stereocenters. The van der Waals surface area contributed by atoms with Gasteiger partial charge >= 0.3 is 0 Å². The zero-order valence-corrected chi connectivity index (χ0v) is 13.3. The Morgan fingerprint density at radius 3 is 2.35 bits per heavy atom. The van der Waals surface area contributed by atoms with Crippen LogP contribution in [-0.4, -0.2) is 0 Å². The summed E-state index contributed by atoms with van der Waals surface area (Å²) >= 11 is 5.23. The second-order valence-electron chi connectivity index (χ2n) is 4.62. The van der Waals surface area contributed by atoms with Crippen molar-refractivity contribution in [2.24, 2.45) is 0 Å². The molecule has 0 aliphatic heterocycles. The van der Waals surface area contributed by atoms with Crippen LogP contribution in [0.3, 0.4) is 0 Å². The SMILES string of the molecule is Cc1ccccc1-c1cc(Br)sc1-c1ccc(F)cc1. The average Bonchev–Trinajstić information content (AvgIpc) is 2.82. The number of hydrogen-bond donors (Lipinski definition) is 0. The molecule has 0 saturated carbocycles. The molecular weight excluding hydrogens is 335 g/mol. The molecule has 3 heteroatoms. The van der Waals surface area contributed by atoms with Gasteiger partial charge in [0.05, 0.1) is 3.79 Å². The summed E-state index contributed by atoms with van der Waals surface area (Å²) in [5.74, 6) is -0.207. The summed E-state index contributed by atoms with van der Waals surface area (Å²) in [4.78, 5) is 1.16. The molecule has 0 saturated heterocycles. The van der Waals surface area contributed by atoms with Gasteiger partial charge in [0.1, 0.15) is 5.82 Å². The van der Waals surface area contributed by atoms with Gasteiger partial charge in [-0.2, -0.15) is 0 Å². The van der Waals surface area contributed by atoms with Crippen LogP contribution in [0.1, 0.15) is 5.56 Å². The summed E-state index contributed by atoms with van der Waals surface area (Å²) in [7, 11) is 0. The van der Waals surface area contributed by atoms with Crippen LogP contribution in [0.2, 0.25) is 0 Å². The zero-order valence-electron chi connectivity index (χ0n) is 10.9. The molecule has 20 heavy (non-hydrogen) atoms. The summed E-state index contributed by atoms with van der Waals surface area (Å²) in [5, 5.41) is 0. The third-order valence-electron chi connectivity index (χ3n) is 3.24. The smallest absolute Gasteiger partial charge is 0.123 e. The molecule has 0 spiro atoms.